The summed E-state index contributed by atoms with van der Waals surface area (Å²) in [6.45, 7) is 0. The molecule has 2 aromatic heterocycles. The summed E-state index contributed by atoms with van der Waals surface area (Å²) in [6, 6.07) is 1.80. The summed E-state index contributed by atoms with van der Waals surface area (Å²) >= 11 is 3.30. The Morgan fingerprint density at radius 2 is 2.27 bits per heavy atom. The standard InChI is InChI=1S/C9H9BrN4O/c1-14-5-12-13-9(14)8(15)6-2-7(10)4-11-3-6/h2-5,8,15H,1H3. The lowest BCUT2D eigenvalue weighted by Gasteiger charge is -2.09. The van der Waals surface area contributed by atoms with Crippen molar-refractivity contribution in [2.75, 3.05) is 0 Å². The molecule has 0 radical (unpaired) electrons. The quantitative estimate of drug-likeness (QED) is 0.885. The smallest absolute Gasteiger partial charge is 0.166 e. The maximum absolute atomic E-state index is 10.0. The predicted octanol–water partition coefficient (Wildman–Crippen LogP) is 1.05. The van der Waals surface area contributed by atoms with Gasteiger partial charge in [-0.3, -0.25) is 4.98 Å². The second-order valence-corrected chi connectivity index (χ2v) is 4.05. The molecule has 0 aliphatic rings. The van der Waals surface area contributed by atoms with Gasteiger partial charge in [-0.05, 0) is 22.0 Å². The van der Waals surface area contributed by atoms with E-state index >= 15 is 0 Å². The van der Waals surface area contributed by atoms with E-state index in [0.29, 0.717) is 11.4 Å². The Hall–Kier alpha value is -1.27. The molecular weight excluding hydrogens is 260 g/mol. The zero-order chi connectivity index (χ0) is 10.8. The molecule has 0 aromatic carbocycles. The van der Waals surface area contributed by atoms with Gasteiger partial charge in [-0.2, -0.15) is 0 Å². The first-order valence-electron chi connectivity index (χ1n) is 4.31. The third-order valence-electron chi connectivity index (χ3n) is 2.03. The van der Waals surface area contributed by atoms with E-state index in [9.17, 15) is 5.11 Å². The van der Waals surface area contributed by atoms with Crippen LogP contribution in [0, 0.1) is 0 Å². The van der Waals surface area contributed by atoms with Gasteiger partial charge in [0.25, 0.3) is 0 Å². The SMILES string of the molecule is Cn1cnnc1C(O)c1cncc(Br)c1. The van der Waals surface area contributed by atoms with Crippen molar-refractivity contribution in [2.45, 2.75) is 6.10 Å². The first-order chi connectivity index (χ1) is 7.18. The summed E-state index contributed by atoms with van der Waals surface area (Å²) in [6.07, 6.45) is 4.00. The minimum atomic E-state index is -0.803. The topological polar surface area (TPSA) is 63.8 Å². The maximum atomic E-state index is 10.0. The number of aliphatic hydroxyl groups excluding tert-OH is 1. The number of hydrogen-bond acceptors (Lipinski definition) is 4. The summed E-state index contributed by atoms with van der Waals surface area (Å²) < 4.78 is 2.49. The van der Waals surface area contributed by atoms with Crippen molar-refractivity contribution in [3.63, 3.8) is 0 Å². The van der Waals surface area contributed by atoms with E-state index in [1.807, 2.05) is 0 Å². The van der Waals surface area contributed by atoms with Gasteiger partial charge >= 0.3 is 0 Å². The molecule has 0 saturated heterocycles. The second-order valence-electron chi connectivity index (χ2n) is 3.14. The van der Waals surface area contributed by atoms with E-state index in [4.69, 9.17) is 0 Å². The lowest BCUT2D eigenvalue weighted by atomic mass is 10.1. The van der Waals surface area contributed by atoms with Crippen LogP contribution >= 0.6 is 15.9 Å². The number of aryl methyl sites for hydroxylation is 1. The van der Waals surface area contributed by atoms with Gasteiger partial charge in [-0.25, -0.2) is 0 Å². The van der Waals surface area contributed by atoms with Crippen molar-refractivity contribution in [1.82, 2.24) is 19.7 Å². The van der Waals surface area contributed by atoms with Gasteiger partial charge < -0.3 is 9.67 Å². The number of halogens is 1. The average Bonchev–Trinajstić information content (AvgIpc) is 2.63. The molecule has 0 amide bonds. The summed E-state index contributed by atoms with van der Waals surface area (Å²) in [7, 11) is 1.78. The van der Waals surface area contributed by atoms with Crippen LogP contribution in [-0.4, -0.2) is 24.9 Å². The van der Waals surface area contributed by atoms with Crippen LogP contribution < -0.4 is 0 Å². The van der Waals surface area contributed by atoms with Crippen LogP contribution in [0.15, 0.2) is 29.3 Å². The highest BCUT2D eigenvalue weighted by Crippen LogP contribution is 2.21. The number of aliphatic hydroxyl groups is 1. The Labute approximate surface area is 94.9 Å². The van der Waals surface area contributed by atoms with Gasteiger partial charge in [-0.15, -0.1) is 10.2 Å². The summed E-state index contributed by atoms with van der Waals surface area (Å²) in [4.78, 5) is 3.98. The lowest BCUT2D eigenvalue weighted by molar-refractivity contribution is 0.205. The average molecular weight is 269 g/mol. The van der Waals surface area contributed by atoms with E-state index in [2.05, 4.69) is 31.1 Å². The van der Waals surface area contributed by atoms with Crippen LogP contribution in [0.25, 0.3) is 0 Å². The minimum Gasteiger partial charge on any atom is -0.380 e. The third kappa shape index (κ3) is 2.05. The molecule has 0 saturated carbocycles. The molecule has 0 fully saturated rings. The van der Waals surface area contributed by atoms with E-state index in [-0.39, 0.29) is 0 Å². The molecule has 2 heterocycles. The van der Waals surface area contributed by atoms with Crippen LogP contribution in [-0.2, 0) is 7.05 Å². The molecule has 0 aliphatic carbocycles. The molecular formula is C9H9BrN4O. The fourth-order valence-electron chi connectivity index (χ4n) is 1.27. The van der Waals surface area contributed by atoms with E-state index in [1.165, 1.54) is 0 Å². The van der Waals surface area contributed by atoms with Gasteiger partial charge in [0.15, 0.2) is 5.82 Å². The number of pyridine rings is 1. The van der Waals surface area contributed by atoms with Gasteiger partial charge in [0, 0.05) is 29.5 Å². The third-order valence-corrected chi connectivity index (χ3v) is 2.47. The van der Waals surface area contributed by atoms with Crippen LogP contribution in [0.1, 0.15) is 17.5 Å². The van der Waals surface area contributed by atoms with E-state index < -0.39 is 6.10 Å². The summed E-state index contributed by atoms with van der Waals surface area (Å²) in [5, 5.41) is 17.6. The lowest BCUT2D eigenvalue weighted by Crippen LogP contribution is -2.07. The molecule has 78 valence electrons. The number of rotatable bonds is 2. The Morgan fingerprint density at radius 3 is 2.87 bits per heavy atom. The minimum absolute atomic E-state index is 0.495. The van der Waals surface area contributed by atoms with Crippen LogP contribution in [0.3, 0.4) is 0 Å². The zero-order valence-electron chi connectivity index (χ0n) is 8.00. The Kier molecular flexibility index (Phi) is 2.79. The van der Waals surface area contributed by atoms with Crippen LogP contribution in [0.2, 0.25) is 0 Å². The number of aromatic nitrogens is 4. The fourth-order valence-corrected chi connectivity index (χ4v) is 1.65. The monoisotopic (exact) mass is 268 g/mol. The van der Waals surface area contributed by atoms with Crippen molar-refractivity contribution < 1.29 is 5.11 Å². The first-order valence-corrected chi connectivity index (χ1v) is 5.10. The number of hydrogen-bond donors (Lipinski definition) is 1. The first kappa shape index (κ1) is 10.3. The molecule has 1 N–H and O–H groups in total. The summed E-state index contributed by atoms with van der Waals surface area (Å²) in [5.74, 6) is 0.495. The molecule has 1 atom stereocenters. The highest BCUT2D eigenvalue weighted by atomic mass is 79.9. The zero-order valence-corrected chi connectivity index (χ0v) is 9.59. The van der Waals surface area contributed by atoms with Gasteiger partial charge in [0.05, 0.1) is 0 Å². The highest BCUT2D eigenvalue weighted by Gasteiger charge is 2.16. The maximum Gasteiger partial charge on any atom is 0.166 e. The van der Waals surface area contributed by atoms with E-state index in [1.54, 1.807) is 36.4 Å². The molecule has 2 rings (SSSR count). The van der Waals surface area contributed by atoms with Crippen LogP contribution in [0.4, 0.5) is 0 Å². The van der Waals surface area contributed by atoms with Gasteiger partial charge in [-0.1, -0.05) is 0 Å². The molecule has 15 heavy (non-hydrogen) atoms. The van der Waals surface area contributed by atoms with Gasteiger partial charge in [0.1, 0.15) is 12.4 Å². The molecule has 5 nitrogen and oxygen atoms in total. The van der Waals surface area contributed by atoms with Crippen molar-refractivity contribution in [2.24, 2.45) is 7.05 Å². The van der Waals surface area contributed by atoms with Crippen molar-refractivity contribution in [3.8, 4) is 0 Å². The molecule has 1 unspecified atom stereocenters. The number of nitrogens with zero attached hydrogens (tertiary/aromatic N) is 4. The van der Waals surface area contributed by atoms with E-state index in [0.717, 1.165) is 4.47 Å². The Morgan fingerprint density at radius 1 is 1.47 bits per heavy atom. The second kappa shape index (κ2) is 4.08. The predicted molar refractivity (Wildman–Crippen MR) is 57.0 cm³/mol. The van der Waals surface area contributed by atoms with Crippen molar-refractivity contribution >= 4 is 15.9 Å². The molecule has 0 bridgehead atoms. The molecule has 0 aliphatic heterocycles. The molecule has 2 aromatic rings. The van der Waals surface area contributed by atoms with Crippen molar-refractivity contribution in [1.29, 1.82) is 0 Å². The fraction of sp³-hybridized carbons (Fsp3) is 0.222. The van der Waals surface area contributed by atoms with Crippen molar-refractivity contribution in [3.05, 3.63) is 40.6 Å². The normalized spacial score (nSPS) is 12.7. The largest absolute Gasteiger partial charge is 0.380 e. The summed E-state index contributed by atoms with van der Waals surface area (Å²) in [5.41, 5.74) is 0.681. The molecule has 6 heteroatoms. The highest BCUT2D eigenvalue weighted by molar-refractivity contribution is 9.10. The molecule has 0 spiro atoms. The Balaban J connectivity index is 2.36. The Bertz CT molecular complexity index is 471. The van der Waals surface area contributed by atoms with Gasteiger partial charge in [0.2, 0.25) is 0 Å². The van der Waals surface area contributed by atoms with Crippen LogP contribution in [0.5, 0.6) is 0 Å².